The van der Waals surface area contributed by atoms with Crippen LogP contribution in [0.25, 0.3) is 0 Å². The lowest BCUT2D eigenvalue weighted by atomic mass is 10.1. The maximum absolute atomic E-state index is 12.4. The fraction of sp³-hybridized carbons (Fsp3) is 0.118. The number of rotatable bonds is 6. The van der Waals surface area contributed by atoms with Gasteiger partial charge in [0.05, 0.1) is 0 Å². The molecule has 0 heterocycles. The molecule has 0 saturated heterocycles. The molecule has 148 valence electrons. The van der Waals surface area contributed by atoms with Crippen LogP contribution < -0.4 is 32.7 Å². The van der Waals surface area contributed by atoms with Crippen molar-refractivity contribution in [3.8, 4) is 11.5 Å². The van der Waals surface area contributed by atoms with Gasteiger partial charge in [-0.3, -0.25) is 0 Å². The van der Waals surface area contributed by atoms with Crippen LogP contribution >= 0.6 is 0 Å². The van der Waals surface area contributed by atoms with Crippen LogP contribution in [-0.2, 0) is 0 Å². The molecule has 28 heavy (non-hydrogen) atoms. The van der Waals surface area contributed by atoms with Crippen LogP contribution in [0.4, 0.5) is 14.4 Å². The zero-order chi connectivity index (χ0) is 20.7. The van der Waals surface area contributed by atoms with Gasteiger partial charge in [0, 0.05) is 11.1 Å². The third-order valence-electron chi connectivity index (χ3n) is 3.62. The van der Waals surface area contributed by atoms with E-state index < -0.39 is 30.4 Å². The van der Waals surface area contributed by atoms with Gasteiger partial charge in [-0.1, -0.05) is 36.4 Å². The molecule has 11 heteroatoms. The smallest absolute Gasteiger partial charge is 0.318 e. The first-order chi connectivity index (χ1) is 13.3. The molecule has 2 unspecified atom stereocenters. The van der Waals surface area contributed by atoms with Gasteiger partial charge in [-0.25, -0.2) is 14.4 Å². The van der Waals surface area contributed by atoms with Crippen LogP contribution in [0.2, 0.25) is 0 Å². The summed E-state index contributed by atoms with van der Waals surface area (Å²) in [6, 6.07) is 9.22. The van der Waals surface area contributed by atoms with Crippen molar-refractivity contribution in [2.75, 3.05) is 0 Å². The van der Waals surface area contributed by atoms with Crippen molar-refractivity contribution in [2.45, 2.75) is 12.3 Å². The molecule has 0 fully saturated rings. The highest BCUT2D eigenvalue weighted by molar-refractivity contribution is 5.79. The lowest BCUT2D eigenvalue weighted by Gasteiger charge is -2.24. The average molecular weight is 388 g/mol. The van der Waals surface area contributed by atoms with Crippen molar-refractivity contribution in [1.29, 1.82) is 0 Å². The summed E-state index contributed by atoms with van der Waals surface area (Å²) in [5.74, 6) is -0.372. The highest BCUT2D eigenvalue weighted by Crippen LogP contribution is 2.23. The number of hydrogen-bond donors (Lipinski definition) is 8. The van der Waals surface area contributed by atoms with Crippen LogP contribution in [-0.4, -0.2) is 28.3 Å². The molecule has 0 bridgehead atoms. The lowest BCUT2D eigenvalue weighted by molar-refractivity contribution is 0.222. The van der Waals surface area contributed by atoms with Crippen molar-refractivity contribution in [2.24, 2.45) is 11.5 Å². The number of amides is 6. The van der Waals surface area contributed by atoms with E-state index in [4.69, 9.17) is 11.5 Å². The molecule has 0 saturated carbocycles. The molecule has 2 rings (SSSR count). The third-order valence-corrected chi connectivity index (χ3v) is 3.62. The number of aromatic hydroxyl groups is 2. The van der Waals surface area contributed by atoms with Crippen molar-refractivity contribution < 1.29 is 24.6 Å². The minimum Gasteiger partial charge on any atom is -0.508 e. The molecule has 2 aromatic rings. The monoisotopic (exact) mass is 388 g/mol. The van der Waals surface area contributed by atoms with Gasteiger partial charge in [0.15, 0.2) is 0 Å². The Bertz CT molecular complexity index is 805. The Hall–Kier alpha value is -4.15. The number of nitrogens with two attached hydrogens (primary N) is 2. The normalized spacial score (nSPS) is 12.3. The van der Waals surface area contributed by atoms with E-state index >= 15 is 0 Å². The zero-order valence-corrected chi connectivity index (χ0v) is 14.5. The highest BCUT2D eigenvalue weighted by atomic mass is 16.3. The second kappa shape index (κ2) is 8.98. The molecule has 0 aliphatic rings. The second-order valence-corrected chi connectivity index (χ2v) is 5.62. The van der Waals surface area contributed by atoms with Crippen molar-refractivity contribution in [1.82, 2.24) is 21.3 Å². The number of phenolic OH excluding ortho intramolecular Hbond substituents is 2. The summed E-state index contributed by atoms with van der Waals surface area (Å²) in [5, 5.41) is 29.3. The molecule has 2 aromatic carbocycles. The predicted molar refractivity (Wildman–Crippen MR) is 98.8 cm³/mol. The lowest BCUT2D eigenvalue weighted by Crippen LogP contribution is -2.50. The van der Waals surface area contributed by atoms with E-state index in [-0.39, 0.29) is 22.6 Å². The van der Waals surface area contributed by atoms with Crippen molar-refractivity contribution in [3.05, 3.63) is 59.7 Å². The Balaban J connectivity index is 2.21. The van der Waals surface area contributed by atoms with Crippen LogP contribution in [0, 0.1) is 0 Å². The maximum Gasteiger partial charge on any atom is 0.318 e. The zero-order valence-electron chi connectivity index (χ0n) is 14.5. The number of hydrogen-bond acceptors (Lipinski definition) is 5. The predicted octanol–water partition coefficient (Wildman–Crippen LogP) is 0.431. The van der Waals surface area contributed by atoms with Crippen LogP contribution in [0.3, 0.4) is 0 Å². The van der Waals surface area contributed by atoms with Gasteiger partial charge < -0.3 is 42.9 Å². The van der Waals surface area contributed by atoms with Crippen molar-refractivity contribution in [3.63, 3.8) is 0 Å². The van der Waals surface area contributed by atoms with E-state index in [2.05, 4.69) is 21.3 Å². The summed E-state index contributed by atoms with van der Waals surface area (Å²) < 4.78 is 0. The number of para-hydroxylation sites is 2. The quantitative estimate of drug-likeness (QED) is 0.332. The molecular formula is C17H20N6O5. The van der Waals surface area contributed by atoms with E-state index in [1.54, 1.807) is 24.3 Å². The number of phenols is 2. The Morgan fingerprint density at radius 2 is 1.04 bits per heavy atom. The molecule has 0 aromatic heterocycles. The molecule has 11 nitrogen and oxygen atoms in total. The standard InChI is InChI=1S/C17H20N6O5/c18-15(26)20-13(9-5-1-3-7-11(9)24)22-17(28)23-14(21-16(19)27)10-6-2-4-8-12(10)25/h1-8,13-14,24-25H,(H3,18,20,26)(H3,19,21,27)(H2,22,23,28). The van der Waals surface area contributed by atoms with Crippen LogP contribution in [0.1, 0.15) is 23.5 Å². The largest absolute Gasteiger partial charge is 0.508 e. The summed E-state index contributed by atoms with van der Waals surface area (Å²) in [5.41, 5.74) is 10.6. The van der Waals surface area contributed by atoms with E-state index in [0.29, 0.717) is 0 Å². The van der Waals surface area contributed by atoms with E-state index in [0.717, 1.165) is 0 Å². The van der Waals surface area contributed by atoms with Gasteiger partial charge in [0.2, 0.25) is 0 Å². The number of benzene rings is 2. The molecule has 0 spiro atoms. The summed E-state index contributed by atoms with van der Waals surface area (Å²) in [6.45, 7) is 0. The molecular weight excluding hydrogens is 368 g/mol. The first-order valence-electron chi connectivity index (χ1n) is 8.02. The number of primary amides is 2. The highest BCUT2D eigenvalue weighted by Gasteiger charge is 2.23. The van der Waals surface area contributed by atoms with E-state index in [9.17, 15) is 24.6 Å². The maximum atomic E-state index is 12.4. The van der Waals surface area contributed by atoms with Crippen LogP contribution in [0.5, 0.6) is 11.5 Å². The first kappa shape index (κ1) is 20.2. The van der Waals surface area contributed by atoms with E-state index in [1.807, 2.05) is 0 Å². The molecule has 10 N–H and O–H groups in total. The molecule has 0 radical (unpaired) electrons. The van der Waals surface area contributed by atoms with Gasteiger partial charge in [0.25, 0.3) is 0 Å². The Morgan fingerprint density at radius 3 is 1.36 bits per heavy atom. The van der Waals surface area contributed by atoms with Gasteiger partial charge in [-0.2, -0.15) is 0 Å². The van der Waals surface area contributed by atoms with Gasteiger partial charge >= 0.3 is 18.1 Å². The summed E-state index contributed by atoms with van der Waals surface area (Å²) in [6.07, 6.45) is -2.34. The van der Waals surface area contributed by atoms with Crippen LogP contribution in [0.15, 0.2) is 48.5 Å². The number of carbonyl (C=O) groups excluding carboxylic acids is 3. The SMILES string of the molecule is NC(=O)NC(NC(=O)NC(NC(N)=O)c1ccccc1O)c1ccccc1O. The minimum atomic E-state index is -1.17. The van der Waals surface area contributed by atoms with Gasteiger partial charge in [0.1, 0.15) is 23.8 Å². The second-order valence-electron chi connectivity index (χ2n) is 5.62. The molecule has 0 aliphatic heterocycles. The average Bonchev–Trinajstić information content (AvgIpc) is 2.60. The van der Waals surface area contributed by atoms with Gasteiger partial charge in [-0.15, -0.1) is 0 Å². The molecule has 0 aliphatic carbocycles. The van der Waals surface area contributed by atoms with Crippen molar-refractivity contribution >= 4 is 18.1 Å². The molecule has 6 amide bonds. The fourth-order valence-corrected chi connectivity index (χ4v) is 2.43. The Labute approximate surface area is 159 Å². The summed E-state index contributed by atoms with van der Waals surface area (Å²) >= 11 is 0. The number of carbonyl (C=O) groups is 3. The fourth-order valence-electron chi connectivity index (χ4n) is 2.43. The Kier molecular flexibility index (Phi) is 6.47. The summed E-state index contributed by atoms with van der Waals surface area (Å²) in [4.78, 5) is 34.9. The number of nitrogens with one attached hydrogen (secondary N) is 4. The minimum absolute atomic E-state index is 0.179. The van der Waals surface area contributed by atoms with E-state index in [1.165, 1.54) is 24.3 Å². The summed E-state index contributed by atoms with van der Waals surface area (Å²) in [7, 11) is 0. The van der Waals surface area contributed by atoms with Gasteiger partial charge in [-0.05, 0) is 12.1 Å². The Morgan fingerprint density at radius 1 is 0.679 bits per heavy atom. The topological polar surface area (TPSA) is 192 Å². The molecule has 2 atom stereocenters. The number of urea groups is 3. The first-order valence-corrected chi connectivity index (χ1v) is 8.02. The third kappa shape index (κ3) is 5.42.